The van der Waals surface area contributed by atoms with E-state index in [1.165, 1.54) is 12.1 Å². The van der Waals surface area contributed by atoms with E-state index >= 15 is 0 Å². The predicted molar refractivity (Wildman–Crippen MR) is 76.8 cm³/mol. The number of nitrogens with one attached hydrogen (secondary N) is 2. The van der Waals surface area contributed by atoms with Gasteiger partial charge in [0.1, 0.15) is 11.6 Å². The van der Waals surface area contributed by atoms with E-state index in [4.69, 9.17) is 0 Å². The first-order chi connectivity index (χ1) is 10.1. The molecular weight excluding hydrogens is 274 g/mol. The van der Waals surface area contributed by atoms with Crippen LogP contribution in [0.2, 0.25) is 0 Å². The van der Waals surface area contributed by atoms with E-state index < -0.39 is 11.6 Å². The maximum atomic E-state index is 13.9. The fraction of sp³-hybridized carbons (Fsp3) is 0.188. The molecule has 1 aromatic heterocycles. The van der Waals surface area contributed by atoms with Gasteiger partial charge in [0.05, 0.1) is 6.04 Å². The van der Waals surface area contributed by atoms with Crippen LogP contribution < -0.4 is 10.9 Å². The highest BCUT2D eigenvalue weighted by molar-refractivity contribution is 5.68. The van der Waals surface area contributed by atoms with Gasteiger partial charge in [-0.15, -0.1) is 0 Å². The molecule has 1 aliphatic rings. The van der Waals surface area contributed by atoms with Crippen molar-refractivity contribution in [1.82, 2.24) is 10.3 Å². The second-order valence-electron chi connectivity index (χ2n) is 4.98. The number of hydrogen-bond acceptors (Lipinski definition) is 2. The molecule has 0 spiro atoms. The molecule has 0 bridgehead atoms. The molecule has 0 saturated carbocycles. The normalized spacial score (nSPS) is 18.4. The highest BCUT2D eigenvalue weighted by Gasteiger charge is 2.18. The van der Waals surface area contributed by atoms with Crippen molar-refractivity contribution in [2.45, 2.75) is 12.5 Å². The largest absolute Gasteiger partial charge is 0.329 e. The second kappa shape index (κ2) is 5.61. The molecular formula is C16H14F2N2O. The summed E-state index contributed by atoms with van der Waals surface area (Å²) in [5.74, 6) is -0.896. The lowest BCUT2D eigenvalue weighted by atomic mass is 9.94. The first-order valence-electron chi connectivity index (χ1n) is 6.71. The Labute approximate surface area is 120 Å². The predicted octanol–water partition coefficient (Wildman–Crippen LogP) is 2.77. The van der Waals surface area contributed by atoms with Crippen LogP contribution in [-0.4, -0.2) is 11.5 Å². The summed E-state index contributed by atoms with van der Waals surface area (Å²) in [5.41, 5.74) is 1.64. The van der Waals surface area contributed by atoms with Crippen molar-refractivity contribution in [3.63, 3.8) is 0 Å². The number of rotatable bonds is 2. The molecule has 1 unspecified atom stereocenters. The van der Waals surface area contributed by atoms with Crippen molar-refractivity contribution >= 4 is 5.57 Å². The molecule has 2 heterocycles. The van der Waals surface area contributed by atoms with Gasteiger partial charge < -0.3 is 10.3 Å². The molecule has 1 atom stereocenters. The smallest absolute Gasteiger partial charge is 0.248 e. The van der Waals surface area contributed by atoms with Crippen LogP contribution in [-0.2, 0) is 0 Å². The number of aromatic nitrogens is 1. The molecule has 3 nitrogen and oxygen atoms in total. The Morgan fingerprint density at radius 1 is 1.14 bits per heavy atom. The van der Waals surface area contributed by atoms with Crippen LogP contribution in [0.5, 0.6) is 0 Å². The molecule has 108 valence electrons. The molecule has 3 rings (SSSR count). The van der Waals surface area contributed by atoms with Crippen LogP contribution in [0.15, 0.2) is 47.4 Å². The zero-order chi connectivity index (χ0) is 14.8. The minimum atomic E-state index is -0.460. The molecule has 2 aromatic rings. The van der Waals surface area contributed by atoms with Gasteiger partial charge in [0.15, 0.2) is 0 Å². The lowest BCUT2D eigenvalue weighted by molar-refractivity contribution is 0.585. The Morgan fingerprint density at radius 2 is 2.00 bits per heavy atom. The van der Waals surface area contributed by atoms with Gasteiger partial charge in [-0.25, -0.2) is 8.78 Å². The molecule has 0 amide bonds. The van der Waals surface area contributed by atoms with E-state index in [2.05, 4.69) is 10.3 Å². The zero-order valence-corrected chi connectivity index (χ0v) is 11.2. The second-order valence-corrected chi connectivity index (χ2v) is 4.98. The van der Waals surface area contributed by atoms with Crippen LogP contribution in [0.1, 0.15) is 23.6 Å². The van der Waals surface area contributed by atoms with Crippen LogP contribution in [0, 0.1) is 11.6 Å². The summed E-state index contributed by atoms with van der Waals surface area (Å²) >= 11 is 0. The summed E-state index contributed by atoms with van der Waals surface area (Å²) in [6.07, 6.45) is 4.03. The van der Waals surface area contributed by atoms with Gasteiger partial charge in [-0.05, 0) is 41.8 Å². The van der Waals surface area contributed by atoms with Gasteiger partial charge in [-0.2, -0.15) is 0 Å². The molecule has 21 heavy (non-hydrogen) atoms. The Bertz CT molecular complexity index is 752. The van der Waals surface area contributed by atoms with Crippen molar-refractivity contribution in [2.24, 2.45) is 0 Å². The third-order valence-electron chi connectivity index (χ3n) is 3.56. The number of halogens is 2. The van der Waals surface area contributed by atoms with Gasteiger partial charge in [-0.1, -0.05) is 6.08 Å². The minimum absolute atomic E-state index is 0.182. The molecule has 0 fully saturated rings. The number of H-pyrrole nitrogens is 1. The lowest BCUT2D eigenvalue weighted by Crippen LogP contribution is -2.26. The highest BCUT2D eigenvalue weighted by Crippen LogP contribution is 2.29. The molecule has 2 N–H and O–H groups in total. The number of pyridine rings is 1. The van der Waals surface area contributed by atoms with Crippen LogP contribution >= 0.6 is 0 Å². The monoisotopic (exact) mass is 288 g/mol. The van der Waals surface area contributed by atoms with Gasteiger partial charge in [0.25, 0.3) is 0 Å². The Morgan fingerprint density at radius 3 is 2.81 bits per heavy atom. The molecule has 0 saturated heterocycles. The van der Waals surface area contributed by atoms with Crippen molar-refractivity contribution in [3.8, 4) is 0 Å². The third kappa shape index (κ3) is 2.92. The maximum Gasteiger partial charge on any atom is 0.248 e. The molecule has 0 radical (unpaired) electrons. The summed E-state index contributed by atoms with van der Waals surface area (Å²) in [6, 6.07) is 6.56. The summed E-state index contributed by atoms with van der Waals surface area (Å²) in [5, 5.41) is 3.25. The van der Waals surface area contributed by atoms with Crippen LogP contribution in [0.3, 0.4) is 0 Å². The number of hydrogen-bond donors (Lipinski definition) is 2. The summed E-state index contributed by atoms with van der Waals surface area (Å²) in [7, 11) is 0. The number of aromatic amines is 1. The van der Waals surface area contributed by atoms with E-state index in [1.807, 2.05) is 6.08 Å². The Balaban J connectivity index is 2.00. The van der Waals surface area contributed by atoms with Crippen molar-refractivity contribution in [2.75, 3.05) is 6.54 Å². The van der Waals surface area contributed by atoms with Crippen molar-refractivity contribution < 1.29 is 8.78 Å². The summed E-state index contributed by atoms with van der Waals surface area (Å²) in [4.78, 5) is 13.9. The molecule has 1 aromatic carbocycles. The summed E-state index contributed by atoms with van der Waals surface area (Å²) in [6.45, 7) is 0.638. The fourth-order valence-electron chi connectivity index (χ4n) is 2.54. The molecule has 0 aliphatic carbocycles. The van der Waals surface area contributed by atoms with E-state index in [1.54, 1.807) is 12.3 Å². The summed E-state index contributed by atoms with van der Waals surface area (Å²) < 4.78 is 27.2. The van der Waals surface area contributed by atoms with E-state index in [-0.39, 0.29) is 17.2 Å². The first kappa shape index (κ1) is 13.7. The highest BCUT2D eigenvalue weighted by atomic mass is 19.1. The Kier molecular flexibility index (Phi) is 3.66. The quantitative estimate of drug-likeness (QED) is 0.892. The topological polar surface area (TPSA) is 44.9 Å². The average Bonchev–Trinajstić information content (AvgIpc) is 2.50. The standard InChI is InChI=1S/C16H14F2N2O/c17-12-1-2-14(18)13(9-12)10-3-5-19-15(7-10)11-4-6-20-16(21)8-11/h1-2,4,6-9,15,19H,3,5H2,(H,20,21). The first-order valence-corrected chi connectivity index (χ1v) is 6.71. The Hall–Kier alpha value is -2.27. The average molecular weight is 288 g/mol. The zero-order valence-electron chi connectivity index (χ0n) is 11.2. The maximum absolute atomic E-state index is 13.9. The molecule has 5 heteroatoms. The fourth-order valence-corrected chi connectivity index (χ4v) is 2.54. The SMILES string of the molecule is O=c1cc(C2C=C(c3cc(F)ccc3F)CCN2)cc[nH]1. The lowest BCUT2D eigenvalue weighted by Gasteiger charge is -2.23. The van der Waals surface area contributed by atoms with Crippen molar-refractivity contribution in [1.29, 1.82) is 0 Å². The van der Waals surface area contributed by atoms with Crippen LogP contribution in [0.4, 0.5) is 8.78 Å². The van der Waals surface area contributed by atoms with E-state index in [9.17, 15) is 13.6 Å². The molecule has 1 aliphatic heterocycles. The van der Waals surface area contributed by atoms with E-state index in [0.717, 1.165) is 23.3 Å². The van der Waals surface area contributed by atoms with Gasteiger partial charge >= 0.3 is 0 Å². The van der Waals surface area contributed by atoms with Gasteiger partial charge in [-0.3, -0.25) is 4.79 Å². The van der Waals surface area contributed by atoms with Crippen LogP contribution in [0.25, 0.3) is 5.57 Å². The van der Waals surface area contributed by atoms with Gasteiger partial charge in [0.2, 0.25) is 5.56 Å². The third-order valence-corrected chi connectivity index (χ3v) is 3.56. The number of benzene rings is 1. The van der Waals surface area contributed by atoms with Gasteiger partial charge in [0, 0.05) is 24.4 Å². The van der Waals surface area contributed by atoms with Crippen molar-refractivity contribution in [3.05, 3.63) is 75.7 Å². The minimum Gasteiger partial charge on any atom is -0.329 e. The van der Waals surface area contributed by atoms with E-state index in [0.29, 0.717) is 13.0 Å².